The number of hydrogen-bond donors (Lipinski definition) is 1. The zero-order chi connectivity index (χ0) is 13.7. The molecule has 0 radical (unpaired) electrons. The summed E-state index contributed by atoms with van der Waals surface area (Å²) in [6.07, 6.45) is 3.47. The van der Waals surface area contributed by atoms with Crippen LogP contribution in [0.15, 0.2) is 35.6 Å². The fourth-order valence-electron chi connectivity index (χ4n) is 1.75. The molecule has 0 aliphatic heterocycles. The van der Waals surface area contributed by atoms with E-state index in [1.807, 2.05) is 24.3 Å². The van der Waals surface area contributed by atoms with Gasteiger partial charge in [-0.3, -0.25) is 0 Å². The summed E-state index contributed by atoms with van der Waals surface area (Å²) in [5.74, 6) is 1.44. The predicted molar refractivity (Wildman–Crippen MR) is 81.5 cm³/mol. The van der Waals surface area contributed by atoms with Crippen LogP contribution in [-0.2, 0) is 12.2 Å². The molecule has 0 saturated heterocycles. The molecule has 1 heterocycles. The molecule has 0 spiro atoms. The first kappa shape index (κ1) is 14.2. The third-order valence-corrected chi connectivity index (χ3v) is 4.08. The van der Waals surface area contributed by atoms with E-state index in [0.29, 0.717) is 5.82 Å². The van der Waals surface area contributed by atoms with Gasteiger partial charge in [0.05, 0.1) is 0 Å². The third kappa shape index (κ3) is 3.85. The molecule has 0 atom stereocenters. The number of anilines is 1. The number of benzene rings is 1. The van der Waals surface area contributed by atoms with Crippen LogP contribution in [0.5, 0.6) is 0 Å². The monoisotopic (exact) mass is 293 g/mol. The first-order valence-corrected chi connectivity index (χ1v) is 7.53. The normalized spacial score (nSPS) is 10.6. The Hall–Kier alpha value is -1.26. The molecular weight excluding hydrogens is 278 g/mol. The second kappa shape index (κ2) is 6.78. The Kier molecular flexibility index (Phi) is 5.05. The fraction of sp³-hybridized carbons (Fsp3) is 0.286. The second-order valence-corrected chi connectivity index (χ2v) is 5.61. The average molecular weight is 294 g/mol. The number of halogens is 1. The highest BCUT2D eigenvalue weighted by Crippen LogP contribution is 2.27. The number of thioether (sulfide) groups is 1. The second-order valence-electron chi connectivity index (χ2n) is 4.21. The third-order valence-electron chi connectivity index (χ3n) is 2.73. The maximum atomic E-state index is 5.91. The highest BCUT2D eigenvalue weighted by molar-refractivity contribution is 7.98. The molecule has 100 valence electrons. The molecule has 0 aliphatic carbocycles. The molecule has 0 fully saturated rings. The quantitative estimate of drug-likeness (QED) is 0.670. The van der Waals surface area contributed by atoms with Gasteiger partial charge in [0, 0.05) is 16.3 Å². The molecule has 2 aromatic rings. The average Bonchev–Trinajstić information content (AvgIpc) is 2.41. The van der Waals surface area contributed by atoms with Gasteiger partial charge in [0.1, 0.15) is 17.2 Å². The zero-order valence-electron chi connectivity index (χ0n) is 10.8. The van der Waals surface area contributed by atoms with Gasteiger partial charge in [-0.2, -0.15) is 0 Å². The molecule has 0 unspecified atom stereocenters. The summed E-state index contributed by atoms with van der Waals surface area (Å²) in [6, 6.07) is 7.86. The van der Waals surface area contributed by atoms with Crippen LogP contribution in [0.2, 0.25) is 5.02 Å². The Morgan fingerprint density at radius 2 is 1.95 bits per heavy atom. The Balaban J connectivity index is 2.10. The first-order chi connectivity index (χ1) is 9.20. The highest BCUT2D eigenvalue weighted by atomic mass is 35.5. The number of nitrogens with two attached hydrogens (primary N) is 1. The van der Waals surface area contributed by atoms with Crippen LogP contribution < -0.4 is 5.73 Å². The molecule has 0 saturated carbocycles. The molecule has 19 heavy (non-hydrogen) atoms. The van der Waals surface area contributed by atoms with Gasteiger partial charge in [0.2, 0.25) is 0 Å². The highest BCUT2D eigenvalue weighted by Gasteiger charge is 2.09. The summed E-state index contributed by atoms with van der Waals surface area (Å²) in [5.41, 5.74) is 8.19. The van der Waals surface area contributed by atoms with E-state index in [4.69, 9.17) is 17.3 Å². The number of nitrogens with zero attached hydrogens (tertiary/aromatic N) is 2. The van der Waals surface area contributed by atoms with Crippen LogP contribution in [0.4, 0.5) is 5.82 Å². The molecule has 0 amide bonds. The minimum Gasteiger partial charge on any atom is -0.383 e. The minimum absolute atomic E-state index is 0.593. The Morgan fingerprint density at radius 1 is 1.21 bits per heavy atom. The Bertz CT molecular complexity index is 543. The largest absolute Gasteiger partial charge is 0.383 e. The van der Waals surface area contributed by atoms with E-state index < -0.39 is 0 Å². The standard InChI is InChI=1S/C14H16ClN3S/c1-2-3-12-13(16)17-9-18-14(12)19-8-10-4-6-11(15)7-5-10/h4-7,9H,2-3,8H2,1H3,(H2,16,17,18). The molecule has 0 bridgehead atoms. The lowest BCUT2D eigenvalue weighted by molar-refractivity contribution is 0.861. The van der Waals surface area contributed by atoms with E-state index >= 15 is 0 Å². The van der Waals surface area contributed by atoms with Crippen molar-refractivity contribution in [3.63, 3.8) is 0 Å². The van der Waals surface area contributed by atoms with Gasteiger partial charge in [-0.25, -0.2) is 9.97 Å². The molecule has 1 aromatic carbocycles. The summed E-state index contributed by atoms with van der Waals surface area (Å²) in [4.78, 5) is 8.40. The van der Waals surface area contributed by atoms with Gasteiger partial charge in [0.15, 0.2) is 0 Å². The van der Waals surface area contributed by atoms with Crippen molar-refractivity contribution in [3.05, 3.63) is 46.7 Å². The van der Waals surface area contributed by atoms with Gasteiger partial charge in [-0.15, -0.1) is 11.8 Å². The van der Waals surface area contributed by atoms with Crippen LogP contribution in [-0.4, -0.2) is 9.97 Å². The van der Waals surface area contributed by atoms with E-state index in [1.54, 1.807) is 11.8 Å². The number of rotatable bonds is 5. The summed E-state index contributed by atoms with van der Waals surface area (Å²) in [7, 11) is 0. The Morgan fingerprint density at radius 3 is 2.63 bits per heavy atom. The summed E-state index contributed by atoms with van der Waals surface area (Å²) < 4.78 is 0. The lowest BCUT2D eigenvalue weighted by Crippen LogP contribution is -2.01. The summed E-state index contributed by atoms with van der Waals surface area (Å²) in [5, 5.41) is 1.73. The zero-order valence-corrected chi connectivity index (χ0v) is 12.3. The van der Waals surface area contributed by atoms with Crippen molar-refractivity contribution in [2.75, 3.05) is 5.73 Å². The smallest absolute Gasteiger partial charge is 0.131 e. The van der Waals surface area contributed by atoms with Gasteiger partial charge >= 0.3 is 0 Å². The molecule has 1 aromatic heterocycles. The topological polar surface area (TPSA) is 51.8 Å². The van der Waals surface area contributed by atoms with Crippen molar-refractivity contribution in [1.29, 1.82) is 0 Å². The van der Waals surface area contributed by atoms with Gasteiger partial charge in [0.25, 0.3) is 0 Å². The van der Waals surface area contributed by atoms with E-state index in [0.717, 1.165) is 34.2 Å². The molecule has 0 aliphatic rings. The molecule has 2 rings (SSSR count). The van der Waals surface area contributed by atoms with E-state index in [-0.39, 0.29) is 0 Å². The lowest BCUT2D eigenvalue weighted by atomic mass is 10.2. The number of hydrogen-bond acceptors (Lipinski definition) is 4. The van der Waals surface area contributed by atoms with Crippen molar-refractivity contribution in [3.8, 4) is 0 Å². The maximum Gasteiger partial charge on any atom is 0.131 e. The fourth-order valence-corrected chi connectivity index (χ4v) is 2.87. The van der Waals surface area contributed by atoms with Crippen LogP contribution in [0.1, 0.15) is 24.5 Å². The van der Waals surface area contributed by atoms with Crippen molar-refractivity contribution < 1.29 is 0 Å². The first-order valence-electron chi connectivity index (χ1n) is 6.17. The van der Waals surface area contributed by atoms with E-state index in [1.165, 1.54) is 11.9 Å². The minimum atomic E-state index is 0.593. The molecule has 3 nitrogen and oxygen atoms in total. The molecular formula is C14H16ClN3S. The maximum absolute atomic E-state index is 5.91. The summed E-state index contributed by atoms with van der Waals surface area (Å²) in [6.45, 7) is 2.13. The van der Waals surface area contributed by atoms with Gasteiger partial charge in [-0.05, 0) is 24.1 Å². The SMILES string of the molecule is CCCc1c(N)ncnc1SCc1ccc(Cl)cc1. The van der Waals surface area contributed by atoms with Crippen molar-refractivity contribution >= 4 is 29.2 Å². The van der Waals surface area contributed by atoms with Crippen molar-refractivity contribution in [1.82, 2.24) is 9.97 Å². The molecule has 5 heteroatoms. The van der Waals surface area contributed by atoms with Crippen LogP contribution in [0.3, 0.4) is 0 Å². The summed E-state index contributed by atoms with van der Waals surface area (Å²) >= 11 is 7.56. The van der Waals surface area contributed by atoms with Gasteiger partial charge in [-0.1, -0.05) is 37.1 Å². The van der Waals surface area contributed by atoms with E-state index in [2.05, 4.69) is 16.9 Å². The van der Waals surface area contributed by atoms with Crippen molar-refractivity contribution in [2.24, 2.45) is 0 Å². The van der Waals surface area contributed by atoms with Crippen LogP contribution >= 0.6 is 23.4 Å². The van der Waals surface area contributed by atoms with E-state index in [9.17, 15) is 0 Å². The van der Waals surface area contributed by atoms with Crippen LogP contribution in [0.25, 0.3) is 0 Å². The number of aromatic nitrogens is 2. The Labute approximate surface area is 122 Å². The number of nitrogen functional groups attached to an aromatic ring is 1. The molecule has 2 N–H and O–H groups in total. The van der Waals surface area contributed by atoms with Crippen LogP contribution in [0, 0.1) is 0 Å². The lowest BCUT2D eigenvalue weighted by Gasteiger charge is -2.09. The van der Waals surface area contributed by atoms with Gasteiger partial charge < -0.3 is 5.73 Å². The van der Waals surface area contributed by atoms with Crippen molar-refractivity contribution in [2.45, 2.75) is 30.5 Å². The predicted octanol–water partition coefficient (Wildman–Crippen LogP) is 3.96.